The van der Waals surface area contributed by atoms with Crippen LogP contribution in [0.3, 0.4) is 0 Å². The molecule has 11 heteroatoms. The second kappa shape index (κ2) is 5.71. The minimum atomic E-state index is -5.06. The predicted octanol–water partition coefficient (Wildman–Crippen LogP) is 0.410. The molecular weight excluding hydrogens is 279 g/mol. The summed E-state index contributed by atoms with van der Waals surface area (Å²) < 4.78 is 30.8. The van der Waals surface area contributed by atoms with Gasteiger partial charge in [-0.3, -0.25) is 24.8 Å². The first-order valence-electron chi connectivity index (χ1n) is 4.06. The third-order valence-corrected chi connectivity index (χ3v) is 2.87. The van der Waals surface area contributed by atoms with Gasteiger partial charge in [-0.2, -0.15) is 8.42 Å². The van der Waals surface area contributed by atoms with Crippen LogP contribution in [0.2, 0.25) is 0 Å². The van der Waals surface area contributed by atoms with E-state index in [9.17, 15) is 28.6 Å². The second-order valence-electron chi connectivity index (χ2n) is 3.07. The van der Waals surface area contributed by atoms with Gasteiger partial charge in [0.25, 0.3) is 11.4 Å². The molecule has 0 bridgehead atoms. The number of hydrogen-bond acceptors (Lipinski definition) is 6. The fourth-order valence-electron chi connectivity index (χ4n) is 1.28. The summed E-state index contributed by atoms with van der Waals surface area (Å²) in [6.45, 7) is 1.20. The van der Waals surface area contributed by atoms with Gasteiger partial charge in [0, 0.05) is 11.6 Å². The van der Waals surface area contributed by atoms with Crippen molar-refractivity contribution in [3.8, 4) is 0 Å². The maximum atomic E-state index is 11.0. The van der Waals surface area contributed by atoms with E-state index in [2.05, 4.69) is 0 Å². The van der Waals surface area contributed by atoms with E-state index in [-0.39, 0.29) is 35.1 Å². The van der Waals surface area contributed by atoms with Gasteiger partial charge in [0.15, 0.2) is 0 Å². The number of benzene rings is 1. The van der Waals surface area contributed by atoms with Crippen LogP contribution in [0.25, 0.3) is 0 Å². The average molecular weight is 286 g/mol. The Balaban J connectivity index is 0.00000289. The molecule has 18 heavy (non-hydrogen) atoms. The van der Waals surface area contributed by atoms with E-state index in [1.807, 2.05) is 0 Å². The van der Waals surface area contributed by atoms with Crippen molar-refractivity contribution in [2.45, 2.75) is 11.8 Å². The van der Waals surface area contributed by atoms with Crippen LogP contribution in [0.1, 0.15) is 5.56 Å². The van der Waals surface area contributed by atoms with Crippen LogP contribution in [0.5, 0.6) is 0 Å². The summed E-state index contributed by atoms with van der Waals surface area (Å²) in [4.78, 5) is 17.7. The fraction of sp³-hybridized carbons (Fsp3) is 0.143. The molecule has 0 atom stereocenters. The van der Waals surface area contributed by atoms with Gasteiger partial charge in [-0.1, -0.05) is 0 Å². The molecule has 0 aliphatic rings. The van der Waals surface area contributed by atoms with Gasteiger partial charge < -0.3 is 0 Å². The van der Waals surface area contributed by atoms with Crippen molar-refractivity contribution in [1.29, 1.82) is 0 Å². The van der Waals surface area contributed by atoms with Crippen molar-refractivity contribution in [3.05, 3.63) is 37.9 Å². The molecule has 0 aromatic heterocycles. The molecule has 1 aromatic carbocycles. The Morgan fingerprint density at radius 2 is 1.67 bits per heavy atom. The first-order valence-corrected chi connectivity index (χ1v) is 5.50. The molecule has 0 amide bonds. The number of nitro benzene ring substituents is 2. The third kappa shape index (κ3) is 3.23. The molecular formula is C7H7N2NaO7S. The molecule has 0 unspecified atom stereocenters. The van der Waals surface area contributed by atoms with Crippen LogP contribution in [-0.2, 0) is 10.1 Å². The zero-order valence-electron chi connectivity index (χ0n) is 8.35. The van der Waals surface area contributed by atoms with E-state index >= 15 is 0 Å². The van der Waals surface area contributed by atoms with E-state index in [1.54, 1.807) is 0 Å². The van der Waals surface area contributed by atoms with E-state index in [0.29, 0.717) is 0 Å². The summed E-state index contributed by atoms with van der Waals surface area (Å²) in [6.07, 6.45) is 0. The van der Waals surface area contributed by atoms with Crippen LogP contribution >= 0.6 is 0 Å². The van der Waals surface area contributed by atoms with E-state index < -0.39 is 36.2 Å². The Bertz CT molecular complexity index is 612. The van der Waals surface area contributed by atoms with Gasteiger partial charge in [0.2, 0.25) is 4.90 Å². The number of rotatable bonds is 3. The second-order valence-corrected chi connectivity index (χ2v) is 4.43. The number of aryl methyl sites for hydroxylation is 1. The van der Waals surface area contributed by atoms with Crippen LogP contribution in [-0.4, -0.2) is 52.4 Å². The maximum absolute atomic E-state index is 11.0. The van der Waals surface area contributed by atoms with Gasteiger partial charge in [-0.25, -0.2) is 0 Å². The molecule has 0 aliphatic heterocycles. The standard InChI is InChI=1S/C7H6N2O7S.Na.H/c1-4-2-3-5(8(10)11)7(17(14,15)16)6(4)9(12)13;;/h2-3H,1H3,(H,14,15,16);;. The van der Waals surface area contributed by atoms with Crippen molar-refractivity contribution in [2.24, 2.45) is 0 Å². The van der Waals surface area contributed by atoms with Crippen LogP contribution in [0.4, 0.5) is 11.4 Å². The Labute approximate surface area is 123 Å². The van der Waals surface area contributed by atoms with E-state index in [0.717, 1.165) is 12.1 Å². The number of hydrogen-bond donors (Lipinski definition) is 1. The summed E-state index contributed by atoms with van der Waals surface area (Å²) in [5, 5.41) is 21.2. The molecule has 1 rings (SSSR count). The topological polar surface area (TPSA) is 141 Å². The average Bonchev–Trinajstić information content (AvgIpc) is 2.14. The monoisotopic (exact) mass is 286 g/mol. The molecule has 0 spiro atoms. The van der Waals surface area contributed by atoms with Gasteiger partial charge in [-0.15, -0.1) is 0 Å². The molecule has 0 saturated heterocycles. The van der Waals surface area contributed by atoms with Crippen molar-refractivity contribution in [1.82, 2.24) is 0 Å². The summed E-state index contributed by atoms with van der Waals surface area (Å²) in [6, 6.07) is 1.82. The Morgan fingerprint density at radius 1 is 1.17 bits per heavy atom. The first kappa shape index (κ1) is 16.9. The molecule has 1 aromatic rings. The van der Waals surface area contributed by atoms with Crippen LogP contribution in [0, 0.1) is 27.2 Å². The van der Waals surface area contributed by atoms with Crippen molar-refractivity contribution >= 4 is 51.1 Å². The van der Waals surface area contributed by atoms with Gasteiger partial charge in [-0.05, 0) is 13.0 Å². The van der Waals surface area contributed by atoms with E-state index in [1.165, 1.54) is 6.92 Å². The normalized spacial score (nSPS) is 10.6. The zero-order chi connectivity index (χ0) is 13.4. The zero-order valence-corrected chi connectivity index (χ0v) is 9.17. The molecule has 94 valence electrons. The molecule has 0 radical (unpaired) electrons. The van der Waals surface area contributed by atoms with Crippen molar-refractivity contribution in [2.75, 3.05) is 0 Å². The SMILES string of the molecule is Cc1ccc([N+](=O)[O-])c(S(=O)(=O)O)c1[N+](=O)[O-].[NaH]. The quantitative estimate of drug-likeness (QED) is 0.367. The first-order chi connectivity index (χ1) is 7.66. The number of nitro groups is 2. The summed E-state index contributed by atoms with van der Waals surface area (Å²) >= 11 is 0. The predicted molar refractivity (Wildman–Crippen MR) is 61.5 cm³/mol. The molecule has 0 saturated carbocycles. The van der Waals surface area contributed by atoms with Crippen molar-refractivity contribution in [3.63, 3.8) is 0 Å². The molecule has 0 aliphatic carbocycles. The van der Waals surface area contributed by atoms with Gasteiger partial charge >= 0.3 is 39.7 Å². The summed E-state index contributed by atoms with van der Waals surface area (Å²) in [5.41, 5.74) is -2.14. The van der Waals surface area contributed by atoms with Crippen LogP contribution in [0.15, 0.2) is 17.0 Å². The Kier molecular flexibility index (Phi) is 5.37. The van der Waals surface area contributed by atoms with Crippen LogP contribution < -0.4 is 0 Å². The summed E-state index contributed by atoms with van der Waals surface area (Å²) in [5.74, 6) is 0. The van der Waals surface area contributed by atoms with Gasteiger partial charge in [0.1, 0.15) is 0 Å². The fourth-order valence-corrected chi connectivity index (χ4v) is 2.17. The number of nitrogens with zero attached hydrogens (tertiary/aromatic N) is 2. The molecule has 1 N–H and O–H groups in total. The van der Waals surface area contributed by atoms with E-state index in [4.69, 9.17) is 4.55 Å². The van der Waals surface area contributed by atoms with Crippen molar-refractivity contribution < 1.29 is 22.8 Å². The molecule has 0 heterocycles. The molecule has 0 fully saturated rings. The van der Waals surface area contributed by atoms with Gasteiger partial charge in [0.05, 0.1) is 9.85 Å². The Hall–Kier alpha value is -1.07. The minimum absolute atomic E-state index is 0. The molecule has 9 nitrogen and oxygen atoms in total. The third-order valence-electron chi connectivity index (χ3n) is 1.95. The Morgan fingerprint density at radius 3 is 2.00 bits per heavy atom. The summed E-state index contributed by atoms with van der Waals surface area (Å²) in [7, 11) is -5.06.